The van der Waals surface area contributed by atoms with Crippen molar-refractivity contribution in [1.29, 1.82) is 10.5 Å². The van der Waals surface area contributed by atoms with Crippen molar-refractivity contribution in [2.45, 2.75) is 49.7 Å². The van der Waals surface area contributed by atoms with Gasteiger partial charge in [-0.3, -0.25) is 0 Å². The molecule has 1 saturated heterocycles. The van der Waals surface area contributed by atoms with Crippen LogP contribution in [0, 0.1) is 22.7 Å². The molecule has 14 heteroatoms. The van der Waals surface area contributed by atoms with Gasteiger partial charge in [-0.15, -0.1) is 22.7 Å². The number of halogens is 1. The fraction of sp³-hybridized carbons (Fsp3) is 0.0800. The molecule has 0 bridgehead atoms. The molecule has 538 valence electrons. The van der Waals surface area contributed by atoms with Gasteiger partial charge >= 0.3 is 7.12 Å². The van der Waals surface area contributed by atoms with Crippen molar-refractivity contribution in [2.75, 3.05) is 0 Å². The largest absolute Gasteiger partial charge is 0.496 e. The van der Waals surface area contributed by atoms with Gasteiger partial charge in [-0.05, 0) is 171 Å². The van der Waals surface area contributed by atoms with Crippen LogP contribution in [0.2, 0.25) is 5.28 Å². The number of nitrogens with zero attached hydrogens (tertiary/aromatic N) is 8. The van der Waals surface area contributed by atoms with E-state index in [2.05, 4.69) is 261 Å². The van der Waals surface area contributed by atoms with Crippen molar-refractivity contribution in [3.05, 3.63) is 376 Å². The normalized spacial score (nSPS) is 16.2. The second kappa shape index (κ2) is 26.5. The minimum absolute atomic E-state index is 0.202. The first-order chi connectivity index (χ1) is 55.8. The van der Waals surface area contributed by atoms with Crippen LogP contribution in [0.15, 0.2) is 315 Å². The Morgan fingerprint density at radius 1 is 0.316 bits per heavy atom. The van der Waals surface area contributed by atoms with E-state index in [0.717, 1.165) is 54.7 Å². The van der Waals surface area contributed by atoms with E-state index in [-0.39, 0.29) is 5.28 Å². The van der Waals surface area contributed by atoms with Crippen molar-refractivity contribution >= 4 is 87.2 Å². The number of benzene rings is 14. The van der Waals surface area contributed by atoms with Crippen LogP contribution in [0.25, 0.3) is 142 Å². The van der Waals surface area contributed by atoms with Gasteiger partial charge < -0.3 is 9.31 Å². The van der Waals surface area contributed by atoms with Gasteiger partial charge in [0, 0.05) is 73.6 Å². The van der Waals surface area contributed by atoms with E-state index >= 15 is 0 Å². The van der Waals surface area contributed by atoms with Crippen LogP contribution >= 0.6 is 34.3 Å². The van der Waals surface area contributed by atoms with Crippen LogP contribution in [-0.2, 0) is 20.1 Å². The van der Waals surface area contributed by atoms with Gasteiger partial charge in [0.1, 0.15) is 0 Å². The van der Waals surface area contributed by atoms with Crippen molar-refractivity contribution in [3.63, 3.8) is 0 Å². The molecule has 0 N–H and O–H groups in total. The van der Waals surface area contributed by atoms with E-state index in [1.165, 1.54) is 108 Å². The summed E-state index contributed by atoms with van der Waals surface area (Å²) < 4.78 is 18.4. The second-order valence-electron chi connectivity index (χ2n) is 30.4. The minimum Gasteiger partial charge on any atom is -0.399 e. The summed E-state index contributed by atoms with van der Waals surface area (Å²) >= 11 is 9.61. The molecule has 0 radical (unpaired) electrons. The third kappa shape index (κ3) is 10.4. The lowest BCUT2D eigenvalue weighted by Crippen LogP contribution is -2.41. The highest BCUT2D eigenvalue weighted by atomic mass is 35.5. The Morgan fingerprint density at radius 2 is 0.649 bits per heavy atom. The van der Waals surface area contributed by atoms with E-state index in [1.807, 2.05) is 121 Å². The standard InChI is InChI=1S/C47H26N4S.C38H28BNO2S.C15H10ClN3/c48-27-28-23-24-38-34(25-28)31-17-7-10-20-36(31)47(38)37-21-11-8-18-32(37)41-39(47)26-35(43-42(41)33-19-9-12-22-40(33)52-43)46-50-44(29-13-3-1-4-14-29)49-45(51-46)30-15-5-2-6-16-30;1-36(2)37(3,4)42-39(41-36)31-20-30-33(34-25-13-7-10-16-32(25)43-35(31)34)24-12-6-9-15-28(24)38(30)27-14-8-5-11-23(27)26-19-22(21-40)17-18-29(26)38;16-15-18-13(11-7-3-1-4-8-11)17-14(19-15)12-9-5-2-6-10-12/h1-26H;5-20H,1-4H3;1-10H. The van der Waals surface area contributed by atoms with Gasteiger partial charge in [-0.1, -0.05) is 273 Å². The third-order valence-electron chi connectivity index (χ3n) is 23.8. The van der Waals surface area contributed by atoms with E-state index in [0.29, 0.717) is 40.2 Å². The zero-order valence-corrected chi connectivity index (χ0v) is 64.6. The Balaban J connectivity index is 0.000000118. The fourth-order valence-corrected chi connectivity index (χ4v) is 20.8. The number of thiophene rings is 2. The van der Waals surface area contributed by atoms with Crippen LogP contribution in [0.3, 0.4) is 0 Å². The number of fused-ring (bicyclic) bond motifs is 28. The van der Waals surface area contributed by atoms with Crippen LogP contribution in [-0.4, -0.2) is 48.2 Å². The molecule has 4 aliphatic carbocycles. The first-order valence-corrected chi connectivity index (χ1v) is 40.1. The van der Waals surface area contributed by atoms with Crippen molar-refractivity contribution in [2.24, 2.45) is 0 Å². The Bertz CT molecular complexity index is 7010. The summed E-state index contributed by atoms with van der Waals surface area (Å²) in [5.74, 6) is 3.08. The molecular formula is C100H64BClN8O2S2. The average molecular weight is 1520 g/mol. The zero-order chi connectivity index (χ0) is 76.8. The highest BCUT2D eigenvalue weighted by molar-refractivity contribution is 7.27. The summed E-state index contributed by atoms with van der Waals surface area (Å²) in [5.41, 5.74) is 24.6. The molecule has 2 spiro atoms. The Kier molecular flexibility index (Phi) is 16.0. The molecule has 0 saturated carbocycles. The van der Waals surface area contributed by atoms with Gasteiger partial charge in [0.2, 0.25) is 5.28 Å². The van der Waals surface area contributed by atoms with E-state index < -0.39 is 29.2 Å². The molecule has 10 nitrogen and oxygen atoms in total. The first kappa shape index (κ1) is 68.8. The number of rotatable bonds is 6. The van der Waals surface area contributed by atoms with Gasteiger partial charge in [-0.2, -0.15) is 20.5 Å². The lowest BCUT2D eigenvalue weighted by Gasteiger charge is -2.32. The molecule has 18 aromatic rings. The molecule has 23 rings (SSSR count). The quantitative estimate of drug-likeness (QED) is 0.148. The molecule has 2 unspecified atom stereocenters. The number of nitriles is 2. The maximum Gasteiger partial charge on any atom is 0.496 e. The first-order valence-electron chi connectivity index (χ1n) is 38.0. The molecule has 14 aromatic carbocycles. The smallest absolute Gasteiger partial charge is 0.399 e. The highest BCUT2D eigenvalue weighted by Gasteiger charge is 2.57. The maximum atomic E-state index is 9.99. The van der Waals surface area contributed by atoms with E-state index in [1.54, 1.807) is 11.3 Å². The fourth-order valence-electron chi connectivity index (χ4n) is 18.2. The molecule has 114 heavy (non-hydrogen) atoms. The van der Waals surface area contributed by atoms with Crippen molar-refractivity contribution in [3.8, 4) is 114 Å². The van der Waals surface area contributed by atoms with E-state index in [9.17, 15) is 10.5 Å². The van der Waals surface area contributed by atoms with Gasteiger partial charge in [0.25, 0.3) is 0 Å². The summed E-state index contributed by atoms with van der Waals surface area (Å²) in [5, 5.41) is 25.0. The summed E-state index contributed by atoms with van der Waals surface area (Å²) in [6.07, 6.45) is 0. The van der Waals surface area contributed by atoms with Crippen molar-refractivity contribution < 1.29 is 9.31 Å². The number of hydrogen-bond acceptors (Lipinski definition) is 12. The lowest BCUT2D eigenvalue weighted by atomic mass is 9.68. The SMILES string of the molecule is CC1(C)OB(c2cc3c(c4c2sc2ccccc24)-c2ccccc2C32c3ccccc3-c3cc(C#N)ccc32)OC1(C)C.Clc1nc(-c2ccccc2)nc(-c2ccccc2)n1.N#Cc1ccc2c(c1)-c1ccccc1C21c2ccccc2-c2c1cc(-c1nc(-c3ccccc3)nc(-c3ccccc3)n1)c1sc3ccccc3c21. The topological polar surface area (TPSA) is 143 Å². The van der Waals surface area contributed by atoms with E-state index in [4.69, 9.17) is 35.9 Å². The monoisotopic (exact) mass is 1520 g/mol. The summed E-state index contributed by atoms with van der Waals surface area (Å²) in [7, 11) is -0.497. The van der Waals surface area contributed by atoms with Crippen molar-refractivity contribution in [1.82, 2.24) is 29.9 Å². The molecule has 5 aliphatic rings. The molecule has 0 amide bonds. The van der Waals surface area contributed by atoms with Gasteiger partial charge in [-0.25, -0.2) is 19.9 Å². The van der Waals surface area contributed by atoms with Crippen LogP contribution in [0.4, 0.5) is 0 Å². The zero-order valence-electron chi connectivity index (χ0n) is 62.2. The third-order valence-corrected chi connectivity index (χ3v) is 26.4. The van der Waals surface area contributed by atoms with Crippen LogP contribution < -0.4 is 5.46 Å². The summed E-state index contributed by atoms with van der Waals surface area (Å²) in [6.45, 7) is 8.48. The summed E-state index contributed by atoms with van der Waals surface area (Å²) in [6, 6.07) is 114. The molecule has 4 aromatic heterocycles. The molecule has 5 heterocycles. The Hall–Kier alpha value is -13.2. The molecular weight excluding hydrogens is 1460 g/mol. The Labute approximate surface area is 671 Å². The molecule has 1 fully saturated rings. The predicted octanol–water partition coefficient (Wildman–Crippen LogP) is 23.9. The minimum atomic E-state index is -0.602. The summed E-state index contributed by atoms with van der Waals surface area (Å²) in [4.78, 5) is 28.4. The van der Waals surface area contributed by atoms with Gasteiger partial charge in [0.15, 0.2) is 29.1 Å². The predicted molar refractivity (Wildman–Crippen MR) is 462 cm³/mol. The number of hydrogen-bond donors (Lipinski definition) is 0. The average Bonchev–Trinajstić information content (AvgIpc) is 1.50. The highest BCUT2D eigenvalue weighted by Crippen LogP contribution is 2.67. The lowest BCUT2D eigenvalue weighted by molar-refractivity contribution is 0.00578. The number of aromatic nitrogens is 6. The van der Waals surface area contributed by atoms with Crippen LogP contribution in [0.1, 0.15) is 83.3 Å². The molecule has 1 aliphatic heterocycles. The maximum absolute atomic E-state index is 9.99. The molecule has 2 atom stereocenters. The second-order valence-corrected chi connectivity index (χ2v) is 32.8. The van der Waals surface area contributed by atoms with Crippen LogP contribution in [0.5, 0.6) is 0 Å². The Morgan fingerprint density at radius 3 is 1.08 bits per heavy atom. The van der Waals surface area contributed by atoms with Gasteiger partial charge in [0.05, 0.1) is 45.3 Å².